The molecule has 10 heteroatoms. The molecule has 0 spiro atoms. The fourth-order valence-electron chi connectivity index (χ4n) is 1.62. The Morgan fingerprint density at radius 3 is 2.48 bits per heavy atom. The van der Waals surface area contributed by atoms with Crippen LogP contribution >= 0.6 is 20.2 Å². The van der Waals surface area contributed by atoms with Crippen molar-refractivity contribution < 1.29 is 31.0 Å². The highest BCUT2D eigenvalue weighted by Crippen LogP contribution is 2.43. The third-order valence-corrected chi connectivity index (χ3v) is 5.50. The Kier molecular flexibility index (Phi) is 7.25. The second kappa shape index (κ2) is 8.09. The first kappa shape index (κ1) is 20.6. The van der Waals surface area contributed by atoms with Crippen LogP contribution in [-0.4, -0.2) is 26.3 Å². The van der Waals surface area contributed by atoms with Crippen molar-refractivity contribution in [1.82, 2.24) is 0 Å². The predicted molar refractivity (Wildman–Crippen MR) is 87.6 cm³/mol. The van der Waals surface area contributed by atoms with Crippen LogP contribution in [0.2, 0.25) is 0 Å². The summed E-state index contributed by atoms with van der Waals surface area (Å²) in [6, 6.07) is 3.70. The van der Waals surface area contributed by atoms with Crippen LogP contribution in [-0.2, 0) is 23.4 Å². The molecule has 0 amide bonds. The largest absolute Gasteiger partial charge is 0.355 e. The second-order valence-electron chi connectivity index (χ2n) is 5.36. The van der Waals surface area contributed by atoms with Gasteiger partial charge in [0.05, 0.1) is 6.61 Å². The van der Waals surface area contributed by atoms with Gasteiger partial charge >= 0.3 is 17.7 Å². The predicted octanol–water partition coefficient (Wildman–Crippen LogP) is 3.34. The van der Waals surface area contributed by atoms with E-state index >= 15 is 0 Å². The van der Waals surface area contributed by atoms with Crippen LogP contribution in [0.15, 0.2) is 23.1 Å². The van der Waals surface area contributed by atoms with E-state index < -0.39 is 40.0 Å². The van der Waals surface area contributed by atoms with Crippen LogP contribution in [0.3, 0.4) is 0 Å². The van der Waals surface area contributed by atoms with Gasteiger partial charge in [0.1, 0.15) is 10.7 Å². The topological polar surface area (TPSA) is 89.9 Å². The Morgan fingerprint density at radius 1 is 1.35 bits per heavy atom. The van der Waals surface area contributed by atoms with Crippen LogP contribution in [0.4, 0.5) is 4.39 Å². The molecule has 0 aromatic heterocycles. The molecule has 1 N–H and O–H groups in total. The Labute approximate surface area is 141 Å². The second-order valence-corrected chi connectivity index (χ2v) is 9.48. The molecule has 0 bridgehead atoms. The zero-order chi connectivity index (χ0) is 17.8. The van der Waals surface area contributed by atoms with E-state index in [9.17, 15) is 22.3 Å². The summed E-state index contributed by atoms with van der Waals surface area (Å²) in [6.07, 6.45) is -1.09. The van der Waals surface area contributed by atoms with E-state index in [0.29, 0.717) is 0 Å². The molecular formula is C13H20FO6PS2. The monoisotopic (exact) mass is 386 g/mol. The van der Waals surface area contributed by atoms with Gasteiger partial charge in [-0.05, 0) is 24.5 Å². The maximum Gasteiger partial charge on any atom is 0.355 e. The van der Waals surface area contributed by atoms with Crippen molar-refractivity contribution >= 4 is 30.3 Å². The molecule has 1 aromatic carbocycles. The van der Waals surface area contributed by atoms with Gasteiger partial charge < -0.3 is 9.42 Å². The molecule has 23 heavy (non-hydrogen) atoms. The van der Waals surface area contributed by atoms with Gasteiger partial charge in [0, 0.05) is 5.25 Å². The number of rotatable bonds is 8. The maximum absolute atomic E-state index is 13.9. The minimum Gasteiger partial charge on any atom is -0.323 e. The van der Waals surface area contributed by atoms with Gasteiger partial charge in [0.15, 0.2) is 6.35 Å². The van der Waals surface area contributed by atoms with Crippen LogP contribution in [0.25, 0.3) is 0 Å². The molecule has 0 aliphatic rings. The third kappa shape index (κ3) is 6.17. The van der Waals surface area contributed by atoms with Crippen molar-refractivity contribution in [3.8, 4) is 0 Å². The first-order valence-corrected chi connectivity index (χ1v) is 10.5. The lowest BCUT2D eigenvalue weighted by molar-refractivity contribution is 0.209. The molecule has 0 fully saturated rings. The molecule has 0 saturated carbocycles. The van der Waals surface area contributed by atoms with E-state index in [1.807, 2.05) is 0 Å². The molecule has 6 nitrogen and oxygen atoms in total. The highest BCUT2D eigenvalue weighted by Gasteiger charge is 2.30. The lowest BCUT2D eigenvalue weighted by atomic mass is 10.1. The van der Waals surface area contributed by atoms with Crippen molar-refractivity contribution in [1.29, 1.82) is 0 Å². The van der Waals surface area contributed by atoms with Gasteiger partial charge in [-0.15, -0.1) is 0 Å². The minimum absolute atomic E-state index is 0.0183. The Balaban J connectivity index is 2.99. The summed E-state index contributed by atoms with van der Waals surface area (Å²) >= 11 is 4.10. The van der Waals surface area contributed by atoms with Crippen molar-refractivity contribution in [3.63, 3.8) is 0 Å². The molecule has 0 aliphatic heterocycles. The fraction of sp³-hybridized carbons (Fsp3) is 0.538. The summed E-state index contributed by atoms with van der Waals surface area (Å²) in [4.78, 5) is 8.87. The highest BCUT2D eigenvalue weighted by molar-refractivity contribution is 7.87. The summed E-state index contributed by atoms with van der Waals surface area (Å²) in [5, 5.41) is -0.572. The van der Waals surface area contributed by atoms with Crippen LogP contribution in [0, 0.1) is 11.7 Å². The third-order valence-electron chi connectivity index (χ3n) is 2.68. The molecule has 0 aliphatic carbocycles. The Morgan fingerprint density at radius 2 is 1.96 bits per heavy atom. The van der Waals surface area contributed by atoms with Gasteiger partial charge in [-0.2, -0.15) is 21.0 Å². The molecule has 1 aromatic rings. The van der Waals surface area contributed by atoms with Gasteiger partial charge in [0.25, 0.3) is 0 Å². The lowest BCUT2D eigenvalue weighted by Crippen LogP contribution is -2.14. The average Bonchev–Trinajstić information content (AvgIpc) is 2.43. The van der Waals surface area contributed by atoms with Gasteiger partial charge in [-0.25, -0.2) is 4.39 Å². The molecule has 0 radical (unpaired) electrons. The normalized spacial score (nSPS) is 16.3. The molecule has 2 atom stereocenters. The maximum atomic E-state index is 13.9. The van der Waals surface area contributed by atoms with Crippen molar-refractivity contribution in [2.45, 2.75) is 30.9 Å². The quantitative estimate of drug-likeness (QED) is 0.405. The zero-order valence-corrected chi connectivity index (χ0v) is 15.6. The fourth-order valence-corrected chi connectivity index (χ4v) is 4.57. The minimum atomic E-state index is -4.57. The van der Waals surface area contributed by atoms with E-state index in [1.54, 1.807) is 20.8 Å². The number of thiol groups is 1. The SMILES string of the molecule is CC(C)COP(=O)(O)COS(=O)(=O)c1c(F)cccc1C(C)S. The van der Waals surface area contributed by atoms with Gasteiger partial charge in [-0.3, -0.25) is 8.75 Å². The van der Waals surface area contributed by atoms with Crippen molar-refractivity contribution in [2.24, 2.45) is 5.92 Å². The number of halogens is 1. The standard InChI is InChI=1S/C13H20FO6PS2/c1-9(2)7-19-21(15,16)8-20-23(17,18)13-11(10(3)22)5-4-6-12(13)14/h4-6,9-10,22H,7-8H2,1-3H3,(H,15,16). The summed E-state index contributed by atoms with van der Waals surface area (Å²) in [7, 11) is -8.83. The summed E-state index contributed by atoms with van der Waals surface area (Å²) in [5.74, 6) is -1.03. The smallest absolute Gasteiger partial charge is 0.323 e. The molecule has 1 rings (SSSR count). The van der Waals surface area contributed by atoms with Crippen LogP contribution in [0.5, 0.6) is 0 Å². The lowest BCUT2D eigenvalue weighted by Gasteiger charge is -2.16. The van der Waals surface area contributed by atoms with E-state index in [-0.39, 0.29) is 18.1 Å². The molecule has 0 heterocycles. The summed E-state index contributed by atoms with van der Waals surface area (Å²) in [6.45, 7) is 5.06. The average molecular weight is 386 g/mol. The Hall–Kier alpha value is -0.440. The van der Waals surface area contributed by atoms with E-state index in [0.717, 1.165) is 6.07 Å². The molecule has 2 unspecified atom stereocenters. The Bertz CT molecular complexity index is 690. The van der Waals surface area contributed by atoms with Gasteiger partial charge in [-0.1, -0.05) is 26.0 Å². The molecule has 0 saturated heterocycles. The molecular weight excluding hydrogens is 366 g/mol. The van der Waals surface area contributed by atoms with Crippen molar-refractivity contribution in [3.05, 3.63) is 29.6 Å². The van der Waals surface area contributed by atoms with E-state index in [4.69, 9.17) is 4.52 Å². The first-order chi connectivity index (χ1) is 10.5. The van der Waals surface area contributed by atoms with Gasteiger partial charge in [0.2, 0.25) is 0 Å². The van der Waals surface area contributed by atoms with Crippen molar-refractivity contribution in [2.75, 3.05) is 13.0 Å². The summed E-state index contributed by atoms with van der Waals surface area (Å²) in [5.41, 5.74) is 0.101. The molecule has 132 valence electrons. The first-order valence-electron chi connectivity index (χ1n) is 6.78. The number of hydrogen-bond donors (Lipinski definition) is 2. The van der Waals surface area contributed by atoms with Crippen LogP contribution < -0.4 is 0 Å². The van der Waals surface area contributed by atoms with E-state index in [2.05, 4.69) is 16.8 Å². The number of benzene rings is 1. The number of hydrogen-bond acceptors (Lipinski definition) is 6. The highest BCUT2D eigenvalue weighted by atomic mass is 32.2. The van der Waals surface area contributed by atoms with Crippen LogP contribution in [0.1, 0.15) is 31.6 Å². The zero-order valence-electron chi connectivity index (χ0n) is 13.0. The summed E-state index contributed by atoms with van der Waals surface area (Å²) < 4.78 is 59.3. The van der Waals surface area contributed by atoms with E-state index in [1.165, 1.54) is 12.1 Å².